The number of nitrogens with zero attached hydrogens (tertiary/aromatic N) is 2. The average molecular weight is 313 g/mol. The van der Waals surface area contributed by atoms with E-state index in [2.05, 4.69) is 5.32 Å². The minimum absolute atomic E-state index is 0.0788. The average Bonchev–Trinajstić information content (AvgIpc) is 2.89. The lowest BCUT2D eigenvalue weighted by atomic mass is 10.0. The van der Waals surface area contributed by atoms with Crippen LogP contribution in [0.15, 0.2) is 17.2 Å². The van der Waals surface area contributed by atoms with Crippen LogP contribution in [0.3, 0.4) is 0 Å². The van der Waals surface area contributed by atoms with Crippen molar-refractivity contribution in [3.05, 3.63) is 18.0 Å². The van der Waals surface area contributed by atoms with Crippen LogP contribution >= 0.6 is 0 Å². The van der Waals surface area contributed by atoms with Gasteiger partial charge in [-0.1, -0.05) is 0 Å². The number of piperidine rings is 1. The second-order valence-electron chi connectivity index (χ2n) is 5.15. The quantitative estimate of drug-likeness (QED) is 0.792. The van der Waals surface area contributed by atoms with E-state index >= 15 is 0 Å². The van der Waals surface area contributed by atoms with E-state index < -0.39 is 10.0 Å². The second-order valence-corrected chi connectivity index (χ2v) is 7.09. The Morgan fingerprint density at radius 2 is 2.19 bits per heavy atom. The molecule has 1 saturated heterocycles. The molecule has 1 aromatic heterocycles. The van der Waals surface area contributed by atoms with Crippen molar-refractivity contribution in [1.82, 2.24) is 14.2 Å². The van der Waals surface area contributed by atoms with E-state index in [1.807, 2.05) is 0 Å². The summed E-state index contributed by atoms with van der Waals surface area (Å²) in [7, 11) is -0.567. The van der Waals surface area contributed by atoms with Crippen LogP contribution in [-0.4, -0.2) is 49.6 Å². The summed E-state index contributed by atoms with van der Waals surface area (Å²) in [6, 6.07) is 1.36. The minimum atomic E-state index is -3.67. The topological polar surface area (TPSA) is 88.5 Å². The van der Waals surface area contributed by atoms with Crippen molar-refractivity contribution < 1.29 is 18.0 Å². The second kappa shape index (κ2) is 5.98. The van der Waals surface area contributed by atoms with Crippen LogP contribution in [0, 0.1) is 5.92 Å². The predicted molar refractivity (Wildman–Crippen MR) is 76.4 cm³/mol. The Morgan fingerprint density at radius 1 is 1.48 bits per heavy atom. The first kappa shape index (κ1) is 15.7. The Kier molecular flexibility index (Phi) is 4.48. The van der Waals surface area contributed by atoms with Gasteiger partial charge in [0, 0.05) is 39.3 Å². The van der Waals surface area contributed by atoms with Gasteiger partial charge in [-0.05, 0) is 18.9 Å². The first-order valence-corrected chi connectivity index (χ1v) is 8.18. The summed E-state index contributed by atoms with van der Waals surface area (Å²) in [5.74, 6) is -0.598. The predicted octanol–water partition coefficient (Wildman–Crippen LogP) is -0.0157. The molecule has 8 heteroatoms. The summed E-state index contributed by atoms with van der Waals surface area (Å²) in [5.41, 5.74) is 0.278. The molecule has 0 aromatic carbocycles. The fourth-order valence-electron chi connectivity index (χ4n) is 2.48. The molecule has 0 spiro atoms. The number of aryl methyl sites for hydroxylation is 1. The molecule has 2 heterocycles. The zero-order valence-electron chi connectivity index (χ0n) is 12.1. The van der Waals surface area contributed by atoms with Crippen molar-refractivity contribution in [1.29, 1.82) is 0 Å². The summed E-state index contributed by atoms with van der Waals surface area (Å²) in [6.45, 7) is 0.604. The largest absolute Gasteiger partial charge is 0.354 e. The molecule has 0 saturated carbocycles. The van der Waals surface area contributed by atoms with Gasteiger partial charge in [-0.15, -0.1) is 0 Å². The highest BCUT2D eigenvalue weighted by molar-refractivity contribution is 7.89. The maximum Gasteiger partial charge on any atom is 0.267 e. The Balaban J connectivity index is 2.31. The standard InChI is InChI=1S/C13H19N3O4S/c1-14-13(18)12-6-11(8-15(12)2)21(19,20)16-5-3-4-10(7-16)9-17/h6,8-10H,3-5,7H2,1-2H3,(H,14,18). The third kappa shape index (κ3) is 3.01. The van der Waals surface area contributed by atoms with Crippen LogP contribution in [0.1, 0.15) is 23.3 Å². The van der Waals surface area contributed by atoms with Gasteiger partial charge in [0.05, 0.1) is 0 Å². The SMILES string of the molecule is CNC(=O)c1cc(S(=O)(=O)N2CCCC(C=O)C2)cn1C. The number of aldehydes is 1. The number of carbonyl (C=O) groups is 2. The normalized spacial score (nSPS) is 20.2. The van der Waals surface area contributed by atoms with E-state index in [1.165, 1.54) is 28.2 Å². The molecule has 1 N–H and O–H groups in total. The van der Waals surface area contributed by atoms with Crippen LogP contribution in [0.25, 0.3) is 0 Å². The van der Waals surface area contributed by atoms with Crippen LogP contribution in [0.4, 0.5) is 0 Å². The molecule has 1 aliphatic heterocycles. The monoisotopic (exact) mass is 313 g/mol. The number of carbonyl (C=O) groups excluding carboxylic acids is 2. The molecule has 2 rings (SSSR count). The molecule has 1 unspecified atom stereocenters. The zero-order valence-corrected chi connectivity index (χ0v) is 12.9. The van der Waals surface area contributed by atoms with E-state index in [0.29, 0.717) is 19.4 Å². The van der Waals surface area contributed by atoms with Crippen molar-refractivity contribution in [3.63, 3.8) is 0 Å². The lowest BCUT2D eigenvalue weighted by Crippen LogP contribution is -2.40. The summed E-state index contributed by atoms with van der Waals surface area (Å²) in [5, 5.41) is 2.47. The van der Waals surface area contributed by atoms with Gasteiger partial charge in [0.1, 0.15) is 16.9 Å². The lowest BCUT2D eigenvalue weighted by molar-refractivity contribution is -0.112. The van der Waals surface area contributed by atoms with E-state index in [0.717, 1.165) is 6.29 Å². The Bertz CT molecular complexity index is 650. The van der Waals surface area contributed by atoms with Crippen LogP contribution in [0.2, 0.25) is 0 Å². The minimum Gasteiger partial charge on any atom is -0.354 e. The number of nitrogens with one attached hydrogen (secondary N) is 1. The number of hydrogen-bond donors (Lipinski definition) is 1. The molecule has 1 fully saturated rings. The molecule has 1 atom stereocenters. The number of amides is 1. The maximum atomic E-state index is 12.6. The summed E-state index contributed by atoms with van der Waals surface area (Å²) in [4.78, 5) is 22.6. The van der Waals surface area contributed by atoms with E-state index in [4.69, 9.17) is 0 Å². The Labute approximate surface area is 124 Å². The van der Waals surface area contributed by atoms with Gasteiger partial charge >= 0.3 is 0 Å². The van der Waals surface area contributed by atoms with Crippen molar-refractivity contribution in [2.75, 3.05) is 20.1 Å². The number of rotatable bonds is 4. The van der Waals surface area contributed by atoms with Crippen LogP contribution in [0.5, 0.6) is 0 Å². The fourth-order valence-corrected chi connectivity index (χ4v) is 4.09. The third-order valence-corrected chi connectivity index (χ3v) is 5.52. The summed E-state index contributed by atoms with van der Waals surface area (Å²) < 4.78 is 28.0. The molecular formula is C13H19N3O4S. The molecule has 7 nitrogen and oxygen atoms in total. The van der Waals surface area contributed by atoms with Gasteiger partial charge in [-0.3, -0.25) is 4.79 Å². The Morgan fingerprint density at radius 3 is 2.81 bits per heavy atom. The summed E-state index contributed by atoms with van der Waals surface area (Å²) in [6.07, 6.45) is 3.61. The summed E-state index contributed by atoms with van der Waals surface area (Å²) >= 11 is 0. The van der Waals surface area contributed by atoms with E-state index in [9.17, 15) is 18.0 Å². The third-order valence-electron chi connectivity index (χ3n) is 3.69. The fraction of sp³-hybridized carbons (Fsp3) is 0.538. The van der Waals surface area contributed by atoms with Crippen molar-refractivity contribution in [2.45, 2.75) is 17.7 Å². The molecule has 1 aromatic rings. The number of hydrogen-bond acceptors (Lipinski definition) is 4. The van der Waals surface area contributed by atoms with E-state index in [1.54, 1.807) is 7.05 Å². The van der Waals surface area contributed by atoms with Crippen molar-refractivity contribution in [2.24, 2.45) is 13.0 Å². The van der Waals surface area contributed by atoms with Crippen molar-refractivity contribution >= 4 is 22.2 Å². The van der Waals surface area contributed by atoms with Gasteiger partial charge in [0.15, 0.2) is 0 Å². The molecule has 1 aliphatic rings. The highest BCUT2D eigenvalue weighted by Gasteiger charge is 2.31. The number of sulfonamides is 1. The highest BCUT2D eigenvalue weighted by atomic mass is 32.2. The van der Waals surface area contributed by atoms with Crippen LogP contribution < -0.4 is 5.32 Å². The molecular weight excluding hydrogens is 294 g/mol. The Hall–Kier alpha value is -1.67. The smallest absolute Gasteiger partial charge is 0.267 e. The molecule has 1 amide bonds. The molecule has 0 bridgehead atoms. The van der Waals surface area contributed by atoms with E-state index in [-0.39, 0.29) is 29.0 Å². The zero-order chi connectivity index (χ0) is 15.6. The lowest BCUT2D eigenvalue weighted by Gasteiger charge is -2.28. The van der Waals surface area contributed by atoms with Gasteiger partial charge < -0.3 is 14.7 Å². The first-order valence-electron chi connectivity index (χ1n) is 6.74. The van der Waals surface area contributed by atoms with Crippen molar-refractivity contribution in [3.8, 4) is 0 Å². The van der Waals surface area contributed by atoms with Gasteiger partial charge in [-0.25, -0.2) is 8.42 Å². The number of aromatic nitrogens is 1. The molecule has 116 valence electrons. The van der Waals surface area contributed by atoms with Gasteiger partial charge in [-0.2, -0.15) is 4.31 Å². The van der Waals surface area contributed by atoms with Gasteiger partial charge in [0.25, 0.3) is 5.91 Å². The maximum absolute atomic E-state index is 12.6. The highest BCUT2D eigenvalue weighted by Crippen LogP contribution is 2.24. The molecule has 0 radical (unpaired) electrons. The van der Waals surface area contributed by atoms with Gasteiger partial charge in [0.2, 0.25) is 10.0 Å². The molecule has 0 aliphatic carbocycles. The molecule has 21 heavy (non-hydrogen) atoms. The first-order chi connectivity index (χ1) is 9.90. The van der Waals surface area contributed by atoms with Crippen LogP contribution in [-0.2, 0) is 21.9 Å².